The number of carboxylic acid groups (broad SMARTS) is 1. The summed E-state index contributed by atoms with van der Waals surface area (Å²) in [5.74, 6) is -0.287. The third-order valence-electron chi connectivity index (χ3n) is 1.93. The van der Waals surface area contributed by atoms with Gasteiger partial charge in [0, 0.05) is 11.6 Å². The average molecular weight is 195 g/mol. The van der Waals surface area contributed by atoms with Crippen LogP contribution >= 0.6 is 0 Å². The number of carbonyl (C=O) groups is 1. The van der Waals surface area contributed by atoms with Gasteiger partial charge in [0.2, 0.25) is 0 Å². The van der Waals surface area contributed by atoms with E-state index in [0.717, 1.165) is 5.56 Å². The van der Waals surface area contributed by atoms with Crippen LogP contribution in [0.15, 0.2) is 24.3 Å². The van der Waals surface area contributed by atoms with Crippen LogP contribution in [0.5, 0.6) is 5.75 Å². The Balaban J connectivity index is 2.87. The first-order valence-electron chi connectivity index (χ1n) is 4.25. The summed E-state index contributed by atoms with van der Waals surface area (Å²) in [6.45, 7) is 0. The molecule has 0 radical (unpaired) electrons. The Kier molecular flexibility index (Phi) is 3.48. The molecule has 0 aliphatic carbocycles. The summed E-state index contributed by atoms with van der Waals surface area (Å²) in [5, 5.41) is 8.59. The van der Waals surface area contributed by atoms with Crippen LogP contribution in [0.25, 0.3) is 0 Å². The van der Waals surface area contributed by atoms with E-state index in [-0.39, 0.29) is 6.42 Å². The van der Waals surface area contributed by atoms with Crippen LogP contribution in [-0.2, 0) is 4.79 Å². The predicted octanol–water partition coefficient (Wildman–Crippen LogP) is 1.17. The average Bonchev–Trinajstić information content (AvgIpc) is 2.16. The molecule has 14 heavy (non-hydrogen) atoms. The number of methoxy groups -OCH3 is 1. The molecule has 0 unspecified atom stereocenters. The summed E-state index contributed by atoms with van der Waals surface area (Å²) in [6, 6.07) is 6.63. The molecule has 1 rings (SSSR count). The Morgan fingerprint density at radius 3 is 2.79 bits per heavy atom. The molecule has 4 heteroatoms. The normalized spacial score (nSPS) is 12.1. The fraction of sp³-hybridized carbons (Fsp3) is 0.300. The van der Waals surface area contributed by atoms with Crippen LogP contribution < -0.4 is 10.5 Å². The largest absolute Gasteiger partial charge is 0.496 e. The molecule has 0 saturated carbocycles. The van der Waals surface area contributed by atoms with Crippen molar-refractivity contribution in [2.45, 2.75) is 12.5 Å². The Hall–Kier alpha value is -1.55. The molecule has 0 saturated heterocycles. The van der Waals surface area contributed by atoms with Gasteiger partial charge in [-0.2, -0.15) is 0 Å². The zero-order valence-electron chi connectivity index (χ0n) is 7.93. The minimum Gasteiger partial charge on any atom is -0.496 e. The van der Waals surface area contributed by atoms with Crippen molar-refractivity contribution in [1.29, 1.82) is 0 Å². The van der Waals surface area contributed by atoms with Crippen LogP contribution in [0.4, 0.5) is 0 Å². The van der Waals surface area contributed by atoms with Gasteiger partial charge in [-0.3, -0.25) is 4.79 Å². The lowest BCUT2D eigenvalue weighted by atomic mass is 10.0. The van der Waals surface area contributed by atoms with Crippen molar-refractivity contribution in [3.8, 4) is 5.75 Å². The first kappa shape index (κ1) is 10.5. The molecular formula is C10H13NO3. The first-order valence-corrected chi connectivity index (χ1v) is 4.25. The summed E-state index contributed by atoms with van der Waals surface area (Å²) < 4.78 is 5.08. The molecule has 0 amide bonds. The second kappa shape index (κ2) is 4.62. The monoisotopic (exact) mass is 195 g/mol. The molecule has 4 nitrogen and oxygen atoms in total. The summed E-state index contributed by atoms with van der Waals surface area (Å²) in [4.78, 5) is 10.5. The molecule has 3 N–H and O–H groups in total. The van der Waals surface area contributed by atoms with Crippen LogP contribution in [0.1, 0.15) is 18.0 Å². The van der Waals surface area contributed by atoms with Gasteiger partial charge >= 0.3 is 5.97 Å². The van der Waals surface area contributed by atoms with E-state index in [0.29, 0.717) is 5.75 Å². The lowest BCUT2D eigenvalue weighted by Gasteiger charge is -2.13. The van der Waals surface area contributed by atoms with Gasteiger partial charge in [-0.25, -0.2) is 0 Å². The second-order valence-electron chi connectivity index (χ2n) is 2.95. The number of aliphatic carboxylic acids is 1. The number of para-hydroxylation sites is 1. The van der Waals surface area contributed by atoms with Crippen molar-refractivity contribution in [3.05, 3.63) is 29.8 Å². The van der Waals surface area contributed by atoms with Gasteiger partial charge < -0.3 is 15.6 Å². The van der Waals surface area contributed by atoms with E-state index in [1.165, 1.54) is 7.11 Å². The molecule has 0 aliphatic heterocycles. The maximum absolute atomic E-state index is 10.5. The van der Waals surface area contributed by atoms with Crippen LogP contribution in [0.2, 0.25) is 0 Å². The maximum atomic E-state index is 10.5. The fourth-order valence-corrected chi connectivity index (χ4v) is 1.27. The minimum absolute atomic E-state index is 0.0969. The number of ether oxygens (including phenoxy) is 1. The molecule has 76 valence electrons. The lowest BCUT2D eigenvalue weighted by Crippen LogP contribution is -2.15. The highest BCUT2D eigenvalue weighted by Crippen LogP contribution is 2.24. The quantitative estimate of drug-likeness (QED) is 0.756. The molecule has 0 fully saturated rings. The molecule has 1 aromatic carbocycles. The third-order valence-corrected chi connectivity index (χ3v) is 1.93. The highest BCUT2D eigenvalue weighted by molar-refractivity contribution is 5.68. The highest BCUT2D eigenvalue weighted by atomic mass is 16.5. The Bertz CT molecular complexity index is 325. The van der Waals surface area contributed by atoms with Crippen molar-refractivity contribution >= 4 is 5.97 Å². The summed E-state index contributed by atoms with van der Waals surface area (Å²) in [7, 11) is 1.53. The first-order chi connectivity index (χ1) is 6.65. The van der Waals surface area contributed by atoms with E-state index >= 15 is 0 Å². The summed E-state index contributed by atoms with van der Waals surface area (Å²) in [6.07, 6.45) is -0.0969. The second-order valence-corrected chi connectivity index (χ2v) is 2.95. The molecule has 0 aromatic heterocycles. The van der Waals surface area contributed by atoms with E-state index in [4.69, 9.17) is 15.6 Å². The van der Waals surface area contributed by atoms with Gasteiger partial charge in [0.15, 0.2) is 0 Å². The van der Waals surface area contributed by atoms with Gasteiger partial charge in [0.1, 0.15) is 5.75 Å². The third kappa shape index (κ3) is 2.47. The number of hydrogen-bond donors (Lipinski definition) is 2. The molecule has 1 aromatic rings. The Morgan fingerprint density at radius 1 is 1.57 bits per heavy atom. The van der Waals surface area contributed by atoms with Crippen LogP contribution in [0.3, 0.4) is 0 Å². The zero-order chi connectivity index (χ0) is 10.6. The summed E-state index contributed by atoms with van der Waals surface area (Å²) >= 11 is 0. The molecule has 0 bridgehead atoms. The van der Waals surface area contributed by atoms with Gasteiger partial charge in [0.05, 0.1) is 13.5 Å². The predicted molar refractivity (Wildman–Crippen MR) is 52.2 cm³/mol. The molecule has 0 aliphatic rings. The van der Waals surface area contributed by atoms with Crippen molar-refractivity contribution in [1.82, 2.24) is 0 Å². The summed E-state index contributed by atoms with van der Waals surface area (Å²) in [5.41, 5.74) is 6.43. The molecule has 0 spiro atoms. The van der Waals surface area contributed by atoms with E-state index in [2.05, 4.69) is 0 Å². The van der Waals surface area contributed by atoms with Crippen molar-refractivity contribution in [2.24, 2.45) is 5.73 Å². The highest BCUT2D eigenvalue weighted by Gasteiger charge is 2.14. The van der Waals surface area contributed by atoms with E-state index in [1.54, 1.807) is 18.2 Å². The zero-order valence-corrected chi connectivity index (χ0v) is 7.93. The maximum Gasteiger partial charge on any atom is 0.305 e. The molecule has 0 heterocycles. The van der Waals surface area contributed by atoms with Crippen molar-refractivity contribution in [3.63, 3.8) is 0 Å². The number of hydrogen-bond acceptors (Lipinski definition) is 3. The SMILES string of the molecule is COc1ccccc1[C@H](N)CC(=O)O. The number of nitrogens with two attached hydrogens (primary N) is 1. The van der Waals surface area contributed by atoms with Crippen molar-refractivity contribution < 1.29 is 14.6 Å². The number of benzene rings is 1. The lowest BCUT2D eigenvalue weighted by molar-refractivity contribution is -0.137. The van der Waals surface area contributed by atoms with Crippen molar-refractivity contribution in [2.75, 3.05) is 7.11 Å². The Labute approximate surface area is 82.3 Å². The van der Waals surface area contributed by atoms with Crippen LogP contribution in [-0.4, -0.2) is 18.2 Å². The van der Waals surface area contributed by atoms with Gasteiger partial charge in [0.25, 0.3) is 0 Å². The van der Waals surface area contributed by atoms with Gasteiger partial charge in [-0.15, -0.1) is 0 Å². The van der Waals surface area contributed by atoms with E-state index < -0.39 is 12.0 Å². The van der Waals surface area contributed by atoms with Gasteiger partial charge in [-0.05, 0) is 6.07 Å². The molecular weight excluding hydrogens is 182 g/mol. The number of rotatable bonds is 4. The topological polar surface area (TPSA) is 72.5 Å². The Morgan fingerprint density at radius 2 is 2.21 bits per heavy atom. The van der Waals surface area contributed by atoms with E-state index in [1.807, 2.05) is 6.07 Å². The minimum atomic E-state index is -0.914. The number of carboxylic acids is 1. The standard InChI is InChI=1S/C10H13NO3/c1-14-9-5-3-2-4-7(9)8(11)6-10(12)13/h2-5,8H,6,11H2,1H3,(H,12,13)/t8-/m1/s1. The molecule has 1 atom stereocenters. The van der Waals surface area contributed by atoms with E-state index in [9.17, 15) is 4.79 Å². The fourth-order valence-electron chi connectivity index (χ4n) is 1.27. The van der Waals surface area contributed by atoms with Gasteiger partial charge in [-0.1, -0.05) is 18.2 Å². The van der Waals surface area contributed by atoms with Crippen LogP contribution in [0, 0.1) is 0 Å². The smallest absolute Gasteiger partial charge is 0.305 e.